The molecule has 0 radical (unpaired) electrons. The molecule has 110 valence electrons. The van der Waals surface area contributed by atoms with Crippen LogP contribution >= 0.6 is 0 Å². The first-order chi connectivity index (χ1) is 9.58. The first-order valence-electron chi connectivity index (χ1n) is 6.17. The minimum absolute atomic E-state index is 0.305. The van der Waals surface area contributed by atoms with E-state index in [2.05, 4.69) is 4.98 Å². The van der Waals surface area contributed by atoms with Crippen LogP contribution in [0.25, 0.3) is 0 Å². The van der Waals surface area contributed by atoms with Crippen LogP contribution < -0.4 is 4.74 Å². The minimum atomic E-state index is -1.05. The average Bonchev–Trinajstić information content (AvgIpc) is 2.44. The number of rotatable bonds is 8. The summed E-state index contributed by atoms with van der Waals surface area (Å²) in [7, 11) is 1.56. The second-order valence-corrected chi connectivity index (χ2v) is 3.94. The van der Waals surface area contributed by atoms with Crippen molar-refractivity contribution in [2.75, 3.05) is 33.4 Å². The molecule has 0 fully saturated rings. The van der Waals surface area contributed by atoms with Gasteiger partial charge in [0.25, 0.3) is 5.91 Å². The summed E-state index contributed by atoms with van der Waals surface area (Å²) in [5.41, 5.74) is 0.343. The maximum absolute atomic E-state index is 12.1. The van der Waals surface area contributed by atoms with Crippen molar-refractivity contribution in [1.82, 2.24) is 9.88 Å². The highest BCUT2D eigenvalue weighted by molar-refractivity contribution is 5.96. The molecule has 0 spiro atoms. The fourth-order valence-electron chi connectivity index (χ4n) is 1.52. The van der Waals surface area contributed by atoms with E-state index in [1.54, 1.807) is 14.0 Å². The maximum atomic E-state index is 12.1. The van der Waals surface area contributed by atoms with Crippen molar-refractivity contribution in [2.45, 2.75) is 6.92 Å². The molecule has 0 saturated carbocycles. The van der Waals surface area contributed by atoms with Crippen LogP contribution in [-0.2, 0) is 9.53 Å². The van der Waals surface area contributed by atoms with Crippen LogP contribution in [0.4, 0.5) is 0 Å². The molecule has 1 amide bonds. The Morgan fingerprint density at radius 2 is 2.15 bits per heavy atom. The fraction of sp³-hybridized carbons (Fsp3) is 0.462. The third kappa shape index (κ3) is 4.85. The first kappa shape index (κ1) is 15.9. The summed E-state index contributed by atoms with van der Waals surface area (Å²) in [6.07, 6.45) is 1.45. The second-order valence-electron chi connectivity index (χ2n) is 3.94. The van der Waals surface area contributed by atoms with Gasteiger partial charge in [-0.3, -0.25) is 9.59 Å². The number of carboxylic acid groups (broad SMARTS) is 1. The highest BCUT2D eigenvalue weighted by Crippen LogP contribution is 2.11. The predicted molar refractivity (Wildman–Crippen MR) is 70.8 cm³/mol. The Kier molecular flexibility index (Phi) is 6.45. The van der Waals surface area contributed by atoms with Crippen LogP contribution in [0.3, 0.4) is 0 Å². The third-order valence-electron chi connectivity index (χ3n) is 2.51. The largest absolute Gasteiger partial charge is 0.480 e. The highest BCUT2D eigenvalue weighted by Gasteiger charge is 2.17. The van der Waals surface area contributed by atoms with Crippen LogP contribution in [0.5, 0.6) is 5.88 Å². The van der Waals surface area contributed by atoms with Crippen LogP contribution in [0, 0.1) is 0 Å². The van der Waals surface area contributed by atoms with E-state index < -0.39 is 5.97 Å². The van der Waals surface area contributed by atoms with Gasteiger partial charge < -0.3 is 19.5 Å². The number of methoxy groups -OCH3 is 1. The summed E-state index contributed by atoms with van der Waals surface area (Å²) >= 11 is 0. The summed E-state index contributed by atoms with van der Waals surface area (Å²) in [6.45, 7) is 2.44. The molecule has 0 aliphatic carbocycles. The Balaban J connectivity index is 2.76. The Labute approximate surface area is 117 Å². The second kappa shape index (κ2) is 8.11. The lowest BCUT2D eigenvalue weighted by Gasteiger charge is -2.18. The van der Waals surface area contributed by atoms with E-state index in [1.807, 2.05) is 0 Å². The molecule has 0 bridgehead atoms. The molecular formula is C13H18N2O5. The van der Waals surface area contributed by atoms with Crippen molar-refractivity contribution in [2.24, 2.45) is 0 Å². The van der Waals surface area contributed by atoms with Gasteiger partial charge in [0.2, 0.25) is 5.88 Å². The average molecular weight is 282 g/mol. The van der Waals surface area contributed by atoms with Gasteiger partial charge in [-0.2, -0.15) is 0 Å². The zero-order valence-electron chi connectivity index (χ0n) is 11.5. The lowest BCUT2D eigenvalue weighted by Crippen LogP contribution is -2.35. The predicted octanol–water partition coefficient (Wildman–Crippen LogP) is 0.653. The molecule has 0 aliphatic rings. The third-order valence-corrected chi connectivity index (χ3v) is 2.51. The molecule has 0 unspecified atom stereocenters. The van der Waals surface area contributed by atoms with E-state index in [4.69, 9.17) is 14.6 Å². The molecule has 1 heterocycles. The van der Waals surface area contributed by atoms with Gasteiger partial charge in [-0.05, 0) is 13.0 Å². The normalized spacial score (nSPS) is 10.1. The number of carbonyl (C=O) groups excluding carboxylic acids is 1. The van der Waals surface area contributed by atoms with Crippen LogP contribution in [0.2, 0.25) is 0 Å². The Hall–Kier alpha value is -2.15. The number of aliphatic carboxylic acids is 1. The molecule has 0 aromatic carbocycles. The van der Waals surface area contributed by atoms with Crippen LogP contribution in [-0.4, -0.2) is 60.3 Å². The molecule has 1 rings (SSSR count). The molecule has 0 atom stereocenters. The van der Waals surface area contributed by atoms with E-state index in [9.17, 15) is 9.59 Å². The molecule has 7 nitrogen and oxygen atoms in total. The number of carbonyl (C=O) groups is 2. The Bertz CT molecular complexity index is 464. The lowest BCUT2D eigenvalue weighted by molar-refractivity contribution is -0.137. The Morgan fingerprint density at radius 3 is 2.75 bits per heavy atom. The highest BCUT2D eigenvalue weighted by atomic mass is 16.5. The molecule has 1 N–H and O–H groups in total. The van der Waals surface area contributed by atoms with E-state index in [-0.39, 0.29) is 12.5 Å². The molecule has 20 heavy (non-hydrogen) atoms. The number of hydrogen-bond donors (Lipinski definition) is 1. The molecule has 0 aliphatic heterocycles. The summed E-state index contributed by atoms with van der Waals surface area (Å²) < 4.78 is 10.2. The summed E-state index contributed by atoms with van der Waals surface area (Å²) in [6, 6.07) is 3.01. The van der Waals surface area contributed by atoms with E-state index >= 15 is 0 Å². The Morgan fingerprint density at radius 1 is 1.40 bits per heavy atom. The van der Waals surface area contributed by atoms with Crippen LogP contribution in [0.15, 0.2) is 18.3 Å². The number of amides is 1. The standard InChI is InChI=1S/C13H18N2O5/c1-3-15(9-12(16)17)13(18)10-4-5-14-11(8-10)20-7-6-19-2/h4-5,8H,3,6-7,9H2,1-2H3,(H,16,17). The summed E-state index contributed by atoms with van der Waals surface area (Å²) in [5.74, 6) is -1.11. The molecule has 1 aromatic heterocycles. The minimum Gasteiger partial charge on any atom is -0.480 e. The van der Waals surface area contributed by atoms with Crippen molar-refractivity contribution in [3.63, 3.8) is 0 Å². The van der Waals surface area contributed by atoms with Gasteiger partial charge >= 0.3 is 5.97 Å². The van der Waals surface area contributed by atoms with E-state index in [0.29, 0.717) is 31.2 Å². The van der Waals surface area contributed by atoms with Gasteiger partial charge in [0.1, 0.15) is 13.2 Å². The van der Waals surface area contributed by atoms with Gasteiger partial charge in [0, 0.05) is 31.5 Å². The SMILES string of the molecule is CCN(CC(=O)O)C(=O)c1ccnc(OCCOC)c1. The molecule has 7 heteroatoms. The van der Waals surface area contributed by atoms with Gasteiger partial charge in [0.15, 0.2) is 0 Å². The quantitative estimate of drug-likeness (QED) is 0.704. The zero-order valence-corrected chi connectivity index (χ0v) is 11.5. The van der Waals surface area contributed by atoms with Crippen molar-refractivity contribution in [3.8, 4) is 5.88 Å². The monoisotopic (exact) mass is 282 g/mol. The maximum Gasteiger partial charge on any atom is 0.323 e. The number of aromatic nitrogens is 1. The van der Waals surface area contributed by atoms with E-state index in [1.165, 1.54) is 23.2 Å². The van der Waals surface area contributed by atoms with Gasteiger partial charge in [0.05, 0.1) is 6.61 Å². The van der Waals surface area contributed by atoms with Crippen molar-refractivity contribution in [1.29, 1.82) is 0 Å². The topological polar surface area (TPSA) is 89.0 Å². The summed E-state index contributed by atoms with van der Waals surface area (Å²) in [4.78, 5) is 28.1. The van der Waals surface area contributed by atoms with Crippen molar-refractivity contribution in [3.05, 3.63) is 23.9 Å². The zero-order chi connectivity index (χ0) is 15.0. The fourth-order valence-corrected chi connectivity index (χ4v) is 1.52. The number of pyridine rings is 1. The summed E-state index contributed by atoms with van der Waals surface area (Å²) in [5, 5.41) is 8.76. The lowest BCUT2D eigenvalue weighted by atomic mass is 10.2. The molecule has 0 saturated heterocycles. The van der Waals surface area contributed by atoms with Gasteiger partial charge in [-0.1, -0.05) is 0 Å². The molecule has 1 aromatic rings. The van der Waals surface area contributed by atoms with Gasteiger partial charge in [-0.15, -0.1) is 0 Å². The smallest absolute Gasteiger partial charge is 0.323 e. The number of carboxylic acids is 1. The number of hydrogen-bond acceptors (Lipinski definition) is 5. The van der Waals surface area contributed by atoms with E-state index in [0.717, 1.165) is 0 Å². The number of likely N-dealkylation sites (N-methyl/N-ethyl adjacent to an activating group) is 1. The molecular weight excluding hydrogens is 264 g/mol. The first-order valence-corrected chi connectivity index (χ1v) is 6.17. The number of nitrogens with zero attached hydrogens (tertiary/aromatic N) is 2. The van der Waals surface area contributed by atoms with Crippen molar-refractivity contribution >= 4 is 11.9 Å². The number of ether oxygens (including phenoxy) is 2. The van der Waals surface area contributed by atoms with Crippen LogP contribution in [0.1, 0.15) is 17.3 Å². The van der Waals surface area contributed by atoms with Gasteiger partial charge in [-0.25, -0.2) is 4.98 Å². The van der Waals surface area contributed by atoms with Crippen molar-refractivity contribution < 1.29 is 24.2 Å².